The van der Waals surface area contributed by atoms with Gasteiger partial charge in [-0.25, -0.2) is 15.0 Å². The molecule has 7 aromatic carbocycles. The van der Waals surface area contributed by atoms with Gasteiger partial charge in [-0.15, -0.1) is 0 Å². The molecule has 0 fully saturated rings. The monoisotopic (exact) mass is 613 g/mol. The van der Waals surface area contributed by atoms with E-state index in [0.29, 0.717) is 17.5 Å². The van der Waals surface area contributed by atoms with Crippen LogP contribution in [0.4, 0.5) is 0 Å². The molecule has 0 unspecified atom stereocenters. The van der Waals surface area contributed by atoms with Crippen molar-refractivity contribution >= 4 is 0 Å². The lowest BCUT2D eigenvalue weighted by Crippen LogP contribution is -2.00. The minimum Gasteiger partial charge on any atom is -0.208 e. The molecule has 0 amide bonds. The van der Waals surface area contributed by atoms with Crippen molar-refractivity contribution in [2.75, 3.05) is 0 Å². The molecule has 0 N–H and O–H groups in total. The van der Waals surface area contributed by atoms with Gasteiger partial charge in [0.15, 0.2) is 17.5 Å². The molecule has 0 bridgehead atoms. The van der Waals surface area contributed by atoms with Crippen LogP contribution in [-0.2, 0) is 0 Å². The first-order valence-electron chi connectivity index (χ1n) is 16.1. The lowest BCUT2D eigenvalue weighted by atomic mass is 9.92. The van der Waals surface area contributed by atoms with Gasteiger partial charge in [0.2, 0.25) is 0 Å². The van der Waals surface area contributed by atoms with Gasteiger partial charge in [0.05, 0.1) is 0 Å². The highest BCUT2D eigenvalue weighted by molar-refractivity contribution is 5.86. The Bertz CT molecular complexity index is 2310. The van der Waals surface area contributed by atoms with E-state index in [1.54, 1.807) is 0 Å². The van der Waals surface area contributed by atoms with Crippen LogP contribution in [0.1, 0.15) is 0 Å². The third-order valence-electron chi connectivity index (χ3n) is 8.56. The van der Waals surface area contributed by atoms with Gasteiger partial charge in [-0.3, -0.25) is 0 Å². The van der Waals surface area contributed by atoms with Crippen LogP contribution in [0.2, 0.25) is 0 Å². The van der Waals surface area contributed by atoms with Crippen molar-refractivity contribution in [1.82, 2.24) is 15.0 Å². The normalized spacial score (nSPS) is 10.9. The zero-order valence-electron chi connectivity index (χ0n) is 26.2. The SMILES string of the molecule is c1ccc(-c2ccc(-c3ccccc3-c3cccc(-c4nc(-c5ccccc5)nc(-c5cccc(-c6ccccc6)c5)n4)c3)cc2)cc1. The molecule has 3 heteroatoms. The minimum atomic E-state index is 0.635. The van der Waals surface area contributed by atoms with Gasteiger partial charge >= 0.3 is 0 Å². The van der Waals surface area contributed by atoms with E-state index in [2.05, 4.69) is 146 Å². The highest BCUT2D eigenvalue weighted by Crippen LogP contribution is 2.35. The van der Waals surface area contributed by atoms with Crippen molar-refractivity contribution in [3.63, 3.8) is 0 Å². The molecule has 1 aromatic heterocycles. The van der Waals surface area contributed by atoms with Crippen LogP contribution in [0, 0.1) is 0 Å². The summed E-state index contributed by atoms with van der Waals surface area (Å²) in [6.07, 6.45) is 0. The molecule has 8 rings (SSSR count). The molecule has 0 spiro atoms. The summed E-state index contributed by atoms with van der Waals surface area (Å²) in [5.41, 5.74) is 12.1. The first-order valence-corrected chi connectivity index (χ1v) is 16.1. The molecule has 0 saturated carbocycles. The third-order valence-corrected chi connectivity index (χ3v) is 8.56. The topological polar surface area (TPSA) is 38.7 Å². The lowest BCUT2D eigenvalue weighted by Gasteiger charge is -2.13. The van der Waals surface area contributed by atoms with E-state index in [9.17, 15) is 0 Å². The molecule has 0 atom stereocenters. The summed E-state index contributed by atoms with van der Waals surface area (Å²) in [4.78, 5) is 15.1. The van der Waals surface area contributed by atoms with E-state index in [1.165, 1.54) is 22.3 Å². The summed E-state index contributed by atoms with van der Waals surface area (Å²) in [7, 11) is 0. The third kappa shape index (κ3) is 6.05. The molecule has 0 aliphatic heterocycles. The zero-order chi connectivity index (χ0) is 32.1. The minimum absolute atomic E-state index is 0.635. The van der Waals surface area contributed by atoms with Gasteiger partial charge in [-0.2, -0.15) is 0 Å². The maximum Gasteiger partial charge on any atom is 0.164 e. The summed E-state index contributed by atoms with van der Waals surface area (Å²) in [6, 6.07) is 65.3. The molecular formula is C45H31N3. The Balaban J connectivity index is 1.20. The molecule has 48 heavy (non-hydrogen) atoms. The Labute approximate surface area is 280 Å². The van der Waals surface area contributed by atoms with E-state index in [4.69, 9.17) is 15.0 Å². The van der Waals surface area contributed by atoms with Crippen molar-refractivity contribution in [3.05, 3.63) is 188 Å². The molecule has 0 saturated heterocycles. The van der Waals surface area contributed by atoms with Crippen molar-refractivity contribution in [3.8, 4) is 78.7 Å². The Hall–Kier alpha value is -6.45. The second kappa shape index (κ2) is 13.1. The van der Waals surface area contributed by atoms with Crippen molar-refractivity contribution < 1.29 is 0 Å². The second-order valence-corrected chi connectivity index (χ2v) is 11.7. The second-order valence-electron chi connectivity index (χ2n) is 11.7. The molecule has 8 aromatic rings. The molecule has 0 radical (unpaired) electrons. The molecule has 1 heterocycles. The van der Waals surface area contributed by atoms with Gasteiger partial charge in [0.1, 0.15) is 0 Å². The number of hydrogen-bond donors (Lipinski definition) is 0. The number of benzene rings is 7. The smallest absolute Gasteiger partial charge is 0.164 e. The fraction of sp³-hybridized carbons (Fsp3) is 0. The number of hydrogen-bond acceptors (Lipinski definition) is 3. The van der Waals surface area contributed by atoms with Gasteiger partial charge in [0, 0.05) is 16.7 Å². The van der Waals surface area contributed by atoms with Crippen LogP contribution in [-0.4, -0.2) is 15.0 Å². The predicted octanol–water partition coefficient (Wildman–Crippen LogP) is 11.5. The average Bonchev–Trinajstić information content (AvgIpc) is 3.19. The van der Waals surface area contributed by atoms with Gasteiger partial charge in [-0.1, -0.05) is 176 Å². The first-order chi connectivity index (χ1) is 23.8. The summed E-state index contributed by atoms with van der Waals surface area (Å²) in [6.45, 7) is 0. The highest BCUT2D eigenvalue weighted by atomic mass is 15.0. The fourth-order valence-corrected chi connectivity index (χ4v) is 6.10. The number of rotatable bonds is 7. The zero-order valence-corrected chi connectivity index (χ0v) is 26.2. The summed E-state index contributed by atoms with van der Waals surface area (Å²) in [5, 5.41) is 0. The quantitative estimate of drug-likeness (QED) is 0.179. The molecule has 0 aliphatic rings. The Morgan fingerprint density at radius 2 is 0.542 bits per heavy atom. The summed E-state index contributed by atoms with van der Waals surface area (Å²) >= 11 is 0. The molecule has 0 aliphatic carbocycles. The van der Waals surface area contributed by atoms with E-state index in [1.807, 2.05) is 42.5 Å². The van der Waals surface area contributed by atoms with Crippen LogP contribution in [0.25, 0.3) is 78.7 Å². The van der Waals surface area contributed by atoms with E-state index in [-0.39, 0.29) is 0 Å². The Morgan fingerprint density at radius 1 is 0.208 bits per heavy atom. The fourth-order valence-electron chi connectivity index (χ4n) is 6.10. The lowest BCUT2D eigenvalue weighted by molar-refractivity contribution is 1.07. The highest BCUT2D eigenvalue weighted by Gasteiger charge is 2.15. The molecular weight excluding hydrogens is 583 g/mol. The van der Waals surface area contributed by atoms with Crippen LogP contribution < -0.4 is 0 Å². The largest absolute Gasteiger partial charge is 0.208 e. The van der Waals surface area contributed by atoms with E-state index < -0.39 is 0 Å². The van der Waals surface area contributed by atoms with Crippen LogP contribution in [0.15, 0.2) is 188 Å². The van der Waals surface area contributed by atoms with Gasteiger partial charge in [-0.05, 0) is 56.6 Å². The number of aromatic nitrogens is 3. The van der Waals surface area contributed by atoms with Crippen molar-refractivity contribution in [1.29, 1.82) is 0 Å². The maximum atomic E-state index is 5.07. The van der Waals surface area contributed by atoms with E-state index >= 15 is 0 Å². The van der Waals surface area contributed by atoms with Crippen LogP contribution >= 0.6 is 0 Å². The van der Waals surface area contributed by atoms with Crippen molar-refractivity contribution in [2.24, 2.45) is 0 Å². The molecule has 226 valence electrons. The summed E-state index contributed by atoms with van der Waals surface area (Å²) in [5.74, 6) is 1.92. The van der Waals surface area contributed by atoms with Gasteiger partial charge < -0.3 is 0 Å². The van der Waals surface area contributed by atoms with E-state index in [0.717, 1.165) is 38.9 Å². The predicted molar refractivity (Wildman–Crippen MR) is 198 cm³/mol. The Morgan fingerprint density at radius 3 is 1.10 bits per heavy atom. The Kier molecular flexibility index (Phi) is 7.92. The van der Waals surface area contributed by atoms with Gasteiger partial charge in [0.25, 0.3) is 0 Å². The summed E-state index contributed by atoms with van der Waals surface area (Å²) < 4.78 is 0. The van der Waals surface area contributed by atoms with Crippen molar-refractivity contribution in [2.45, 2.75) is 0 Å². The molecule has 3 nitrogen and oxygen atoms in total. The number of nitrogens with zero attached hydrogens (tertiary/aromatic N) is 3. The first kappa shape index (κ1) is 29.0. The average molecular weight is 614 g/mol. The van der Waals surface area contributed by atoms with Crippen LogP contribution in [0.5, 0.6) is 0 Å². The maximum absolute atomic E-state index is 5.07. The standard InChI is InChI=1S/C45H31N3/c1-4-14-32(15-5-1)34-26-28-35(29-27-34)41-24-10-11-25-42(41)38-21-13-23-40(31-38)45-47-43(36-18-8-3-9-19-36)46-44(48-45)39-22-12-20-37(30-39)33-16-6-2-7-17-33/h1-31H. The van der Waals surface area contributed by atoms with Crippen LogP contribution in [0.3, 0.4) is 0 Å².